The van der Waals surface area contributed by atoms with E-state index in [2.05, 4.69) is 20.7 Å². The van der Waals surface area contributed by atoms with Crippen LogP contribution in [0.15, 0.2) is 22.7 Å². The molecule has 0 bridgehead atoms. The van der Waals surface area contributed by atoms with Gasteiger partial charge < -0.3 is 9.84 Å². The quantitative estimate of drug-likeness (QED) is 0.678. The molecule has 0 spiro atoms. The summed E-state index contributed by atoms with van der Waals surface area (Å²) in [5.74, 6) is -2.04. The number of alkyl halides is 1. The summed E-state index contributed by atoms with van der Waals surface area (Å²) in [5, 5.41) is 18.7. The van der Waals surface area contributed by atoms with Crippen molar-refractivity contribution in [1.29, 1.82) is 0 Å². The van der Waals surface area contributed by atoms with Gasteiger partial charge in [0, 0.05) is 10.5 Å². The molecule has 1 atom stereocenters. The highest BCUT2D eigenvalue weighted by atomic mass is 79.9. The molecule has 16 heavy (non-hydrogen) atoms. The topological polar surface area (TPSA) is 89.7 Å². The summed E-state index contributed by atoms with van der Waals surface area (Å²) < 4.78 is 17.3. The molecular weight excluding hydrogens is 289 g/mol. The molecule has 86 valence electrons. The van der Waals surface area contributed by atoms with Crippen LogP contribution in [0, 0.1) is 10.1 Å². The van der Waals surface area contributed by atoms with Crippen molar-refractivity contribution >= 4 is 27.6 Å². The number of rotatable bonds is 4. The zero-order chi connectivity index (χ0) is 12.3. The number of hydrogen-bond acceptors (Lipinski definition) is 4. The van der Waals surface area contributed by atoms with Crippen LogP contribution < -0.4 is 4.74 Å². The lowest BCUT2D eigenvalue weighted by molar-refractivity contribution is -0.385. The van der Waals surface area contributed by atoms with Crippen molar-refractivity contribution in [2.24, 2.45) is 0 Å². The second-order valence-electron chi connectivity index (χ2n) is 2.67. The molecule has 0 saturated carbocycles. The van der Waals surface area contributed by atoms with Gasteiger partial charge in [-0.3, -0.25) is 10.1 Å². The Labute approximate surface area is 96.9 Å². The molecular formula is C8H5BrFNO5. The van der Waals surface area contributed by atoms with Crippen LogP contribution in [0.25, 0.3) is 0 Å². The Kier molecular flexibility index (Phi) is 3.78. The molecule has 1 aromatic carbocycles. The number of carboxylic acid groups (broad SMARTS) is 1. The number of nitro benzene ring substituents is 1. The van der Waals surface area contributed by atoms with E-state index in [0.717, 1.165) is 6.07 Å². The van der Waals surface area contributed by atoms with Crippen LogP contribution in [0.5, 0.6) is 5.75 Å². The summed E-state index contributed by atoms with van der Waals surface area (Å²) in [7, 11) is 0. The van der Waals surface area contributed by atoms with Gasteiger partial charge in [-0.2, -0.15) is 4.39 Å². The minimum atomic E-state index is -2.56. The predicted molar refractivity (Wildman–Crippen MR) is 54.0 cm³/mol. The summed E-state index contributed by atoms with van der Waals surface area (Å²) in [5.41, 5.74) is -0.332. The molecule has 0 aliphatic heterocycles. The van der Waals surface area contributed by atoms with E-state index in [9.17, 15) is 19.3 Å². The number of ether oxygens (including phenoxy) is 1. The van der Waals surface area contributed by atoms with E-state index >= 15 is 0 Å². The summed E-state index contributed by atoms with van der Waals surface area (Å²) in [6.07, 6.45) is -2.56. The minimum absolute atomic E-state index is 0.240. The highest BCUT2D eigenvalue weighted by Gasteiger charge is 2.19. The third-order valence-electron chi connectivity index (χ3n) is 1.50. The average Bonchev–Trinajstić information content (AvgIpc) is 2.16. The highest BCUT2D eigenvalue weighted by Crippen LogP contribution is 2.26. The van der Waals surface area contributed by atoms with Gasteiger partial charge in [0.05, 0.1) is 11.0 Å². The van der Waals surface area contributed by atoms with Crippen molar-refractivity contribution in [2.75, 3.05) is 0 Å². The Morgan fingerprint density at radius 3 is 2.69 bits per heavy atom. The van der Waals surface area contributed by atoms with Crippen LogP contribution in [0.3, 0.4) is 0 Å². The Morgan fingerprint density at radius 1 is 1.56 bits per heavy atom. The Morgan fingerprint density at radius 2 is 2.19 bits per heavy atom. The number of benzene rings is 1. The first kappa shape index (κ1) is 12.4. The molecule has 1 rings (SSSR count). The first-order valence-electron chi connectivity index (χ1n) is 3.88. The average molecular weight is 294 g/mol. The molecule has 0 saturated heterocycles. The maximum atomic E-state index is 12.7. The maximum Gasteiger partial charge on any atom is 0.378 e. The largest absolute Gasteiger partial charge is 0.476 e. The smallest absolute Gasteiger partial charge is 0.378 e. The highest BCUT2D eigenvalue weighted by molar-refractivity contribution is 9.10. The molecule has 0 aliphatic carbocycles. The third-order valence-corrected chi connectivity index (χ3v) is 1.96. The van der Waals surface area contributed by atoms with Gasteiger partial charge in [-0.15, -0.1) is 0 Å². The number of nitrogens with zero attached hydrogens (tertiary/aromatic N) is 1. The zero-order valence-corrected chi connectivity index (χ0v) is 9.18. The van der Waals surface area contributed by atoms with E-state index in [-0.39, 0.29) is 15.9 Å². The fourth-order valence-corrected chi connectivity index (χ4v) is 1.35. The van der Waals surface area contributed by atoms with Crippen molar-refractivity contribution in [3.63, 3.8) is 0 Å². The SMILES string of the molecule is O=C(O)C(F)Oc1cc(Br)cc([N+](=O)[O-])c1. The van der Waals surface area contributed by atoms with Crippen LogP contribution in [0.1, 0.15) is 0 Å². The van der Waals surface area contributed by atoms with E-state index in [1.165, 1.54) is 12.1 Å². The van der Waals surface area contributed by atoms with E-state index in [1.807, 2.05) is 0 Å². The van der Waals surface area contributed by atoms with Crippen LogP contribution in [0.2, 0.25) is 0 Å². The molecule has 0 aliphatic rings. The van der Waals surface area contributed by atoms with Crippen molar-refractivity contribution in [2.45, 2.75) is 6.36 Å². The summed E-state index contributed by atoms with van der Waals surface area (Å²) >= 11 is 2.95. The van der Waals surface area contributed by atoms with Gasteiger partial charge in [-0.05, 0) is 6.07 Å². The standard InChI is InChI=1S/C8H5BrFNO5/c9-4-1-5(11(14)15)3-6(2-4)16-7(10)8(12)13/h1-3,7H,(H,12,13). The van der Waals surface area contributed by atoms with Gasteiger partial charge in [0.25, 0.3) is 5.69 Å². The number of nitro groups is 1. The van der Waals surface area contributed by atoms with Crippen LogP contribution >= 0.6 is 15.9 Å². The van der Waals surface area contributed by atoms with Crippen LogP contribution in [-0.4, -0.2) is 22.4 Å². The fraction of sp³-hybridized carbons (Fsp3) is 0.125. The Bertz CT molecular complexity index is 438. The van der Waals surface area contributed by atoms with Gasteiger partial charge in [0.1, 0.15) is 5.75 Å². The number of hydrogen-bond donors (Lipinski definition) is 1. The van der Waals surface area contributed by atoms with Crippen molar-refractivity contribution in [3.05, 3.63) is 32.8 Å². The van der Waals surface area contributed by atoms with Gasteiger partial charge >= 0.3 is 12.3 Å². The normalized spacial score (nSPS) is 11.9. The number of halogens is 2. The summed E-state index contributed by atoms with van der Waals surface area (Å²) in [6.45, 7) is 0. The Balaban J connectivity index is 2.97. The lowest BCUT2D eigenvalue weighted by Gasteiger charge is -2.07. The minimum Gasteiger partial charge on any atom is -0.476 e. The molecule has 0 radical (unpaired) electrons. The first-order valence-corrected chi connectivity index (χ1v) is 4.68. The lowest BCUT2D eigenvalue weighted by Crippen LogP contribution is -2.21. The summed E-state index contributed by atoms with van der Waals surface area (Å²) in [4.78, 5) is 19.9. The van der Waals surface area contributed by atoms with E-state index < -0.39 is 17.3 Å². The van der Waals surface area contributed by atoms with Gasteiger partial charge in [0.2, 0.25) is 0 Å². The number of carboxylic acids is 1. The molecule has 1 unspecified atom stereocenters. The Hall–Kier alpha value is -1.70. The van der Waals surface area contributed by atoms with Gasteiger partial charge in [-0.1, -0.05) is 15.9 Å². The first-order chi connectivity index (χ1) is 7.40. The molecule has 0 amide bonds. The third kappa shape index (κ3) is 3.16. The van der Waals surface area contributed by atoms with E-state index in [1.54, 1.807) is 0 Å². The monoisotopic (exact) mass is 293 g/mol. The van der Waals surface area contributed by atoms with Crippen molar-refractivity contribution in [3.8, 4) is 5.75 Å². The molecule has 0 aromatic heterocycles. The van der Waals surface area contributed by atoms with Crippen LogP contribution in [-0.2, 0) is 4.79 Å². The number of non-ortho nitro benzene ring substituents is 1. The molecule has 0 fully saturated rings. The number of carbonyl (C=O) groups is 1. The van der Waals surface area contributed by atoms with E-state index in [4.69, 9.17) is 5.11 Å². The van der Waals surface area contributed by atoms with Gasteiger partial charge in [-0.25, -0.2) is 4.79 Å². The van der Waals surface area contributed by atoms with E-state index in [0.29, 0.717) is 0 Å². The predicted octanol–water partition coefficient (Wildman–Crippen LogP) is 2.12. The summed E-state index contributed by atoms with van der Waals surface area (Å²) in [6, 6.07) is 3.34. The molecule has 8 heteroatoms. The second kappa shape index (κ2) is 4.88. The van der Waals surface area contributed by atoms with Gasteiger partial charge in [0.15, 0.2) is 0 Å². The zero-order valence-electron chi connectivity index (χ0n) is 7.59. The van der Waals surface area contributed by atoms with Crippen molar-refractivity contribution < 1.29 is 24.0 Å². The maximum absolute atomic E-state index is 12.7. The van der Waals surface area contributed by atoms with Crippen LogP contribution in [0.4, 0.5) is 10.1 Å². The number of aliphatic carboxylic acids is 1. The molecule has 6 nitrogen and oxygen atoms in total. The lowest BCUT2D eigenvalue weighted by atomic mass is 10.3. The molecule has 1 aromatic rings. The van der Waals surface area contributed by atoms with Crippen molar-refractivity contribution in [1.82, 2.24) is 0 Å². The molecule has 0 heterocycles. The molecule has 1 N–H and O–H groups in total. The second-order valence-corrected chi connectivity index (χ2v) is 3.59. The fourth-order valence-electron chi connectivity index (χ4n) is 0.891.